The van der Waals surface area contributed by atoms with Crippen molar-refractivity contribution in [2.45, 2.75) is 114 Å². The first-order chi connectivity index (χ1) is 33.9. The number of nitrogens with zero attached hydrogens (tertiary/aromatic N) is 3. The maximum Gasteiger partial charge on any atom is 0.252 e. The first-order valence-electron chi connectivity index (χ1n) is 26.1. The normalized spacial score (nSPS) is 24.3. The van der Waals surface area contributed by atoms with Crippen LogP contribution in [-0.2, 0) is 28.2 Å². The molecule has 0 spiro atoms. The molecule has 0 saturated heterocycles. The summed E-state index contributed by atoms with van der Waals surface area (Å²) < 4.78 is 0. The van der Waals surface area contributed by atoms with Gasteiger partial charge >= 0.3 is 0 Å². The lowest BCUT2D eigenvalue weighted by Gasteiger charge is -2.55. The molecule has 1 saturated carbocycles. The monoisotopic (exact) mass is 908 g/mol. The second kappa shape index (κ2) is 14.4. The molecule has 4 heterocycles. The molecule has 4 aliphatic heterocycles. The zero-order chi connectivity index (χ0) is 47.5. The van der Waals surface area contributed by atoms with Gasteiger partial charge in [-0.05, 0) is 151 Å². The van der Waals surface area contributed by atoms with E-state index in [1.807, 2.05) is 0 Å². The van der Waals surface area contributed by atoms with Crippen LogP contribution in [0.1, 0.15) is 117 Å². The summed E-state index contributed by atoms with van der Waals surface area (Å²) in [5.41, 5.74) is 24.8. The first kappa shape index (κ1) is 42.1. The summed E-state index contributed by atoms with van der Waals surface area (Å²) in [4.78, 5) is 8.40. The summed E-state index contributed by atoms with van der Waals surface area (Å²) >= 11 is 0. The minimum atomic E-state index is -0.480. The van der Waals surface area contributed by atoms with Gasteiger partial charge in [0.25, 0.3) is 6.71 Å². The zero-order valence-electron chi connectivity index (χ0n) is 41.9. The van der Waals surface area contributed by atoms with Crippen molar-refractivity contribution in [1.29, 1.82) is 0 Å². The molecule has 70 heavy (non-hydrogen) atoms. The predicted octanol–water partition coefficient (Wildman–Crippen LogP) is 14.3. The van der Waals surface area contributed by atoms with Crippen LogP contribution in [0.5, 0.6) is 0 Å². The maximum absolute atomic E-state index is 2.93. The fourth-order valence-electron chi connectivity index (χ4n) is 15.7. The van der Waals surface area contributed by atoms with E-state index in [9.17, 15) is 0 Å². The van der Waals surface area contributed by atoms with Gasteiger partial charge in [0.2, 0.25) is 0 Å². The summed E-state index contributed by atoms with van der Waals surface area (Å²) in [5.74, 6) is 0. The molecule has 2 aliphatic carbocycles. The Hall–Kier alpha value is -6.78. The lowest BCUT2D eigenvalue weighted by atomic mass is 9.33. The van der Waals surface area contributed by atoms with Crippen LogP contribution in [0.3, 0.4) is 0 Å². The number of anilines is 7. The Kier molecular flexibility index (Phi) is 8.67. The number of hydrogen-bond donors (Lipinski definition) is 0. The van der Waals surface area contributed by atoms with E-state index in [0.717, 1.165) is 25.7 Å². The third-order valence-corrected chi connectivity index (χ3v) is 18.8. The lowest BCUT2D eigenvalue weighted by Crippen LogP contribution is -2.65. The second-order valence-electron chi connectivity index (χ2n) is 23.2. The van der Waals surface area contributed by atoms with Gasteiger partial charge in [0.15, 0.2) is 0 Å². The molecular weight excluding hydrogens is 846 g/mol. The highest BCUT2D eigenvalue weighted by molar-refractivity contribution is 7.00. The highest BCUT2D eigenvalue weighted by Crippen LogP contribution is 2.69. The maximum atomic E-state index is 2.93. The molecule has 14 rings (SSSR count). The van der Waals surface area contributed by atoms with E-state index in [1.165, 1.54) is 119 Å². The van der Waals surface area contributed by atoms with Gasteiger partial charge in [-0.25, -0.2) is 0 Å². The molecule has 8 aromatic carbocycles. The summed E-state index contributed by atoms with van der Waals surface area (Å²) in [6, 6.07) is 69.5. The molecule has 6 aliphatic rings. The topological polar surface area (TPSA) is 9.72 Å². The van der Waals surface area contributed by atoms with Gasteiger partial charge in [0, 0.05) is 45.2 Å². The Labute approximate surface area is 415 Å². The van der Waals surface area contributed by atoms with Crippen molar-refractivity contribution in [3.8, 4) is 0 Å². The van der Waals surface area contributed by atoms with Gasteiger partial charge in [0.1, 0.15) is 0 Å². The van der Waals surface area contributed by atoms with E-state index in [1.54, 1.807) is 0 Å². The Morgan fingerprint density at radius 3 is 1.90 bits per heavy atom. The van der Waals surface area contributed by atoms with Crippen LogP contribution in [0.25, 0.3) is 0 Å². The molecule has 344 valence electrons. The van der Waals surface area contributed by atoms with Crippen molar-refractivity contribution >= 4 is 62.9 Å². The molecule has 1 fully saturated rings. The van der Waals surface area contributed by atoms with Crippen LogP contribution in [0, 0.1) is 13.8 Å². The van der Waals surface area contributed by atoms with E-state index < -0.39 is 5.54 Å². The highest BCUT2D eigenvalue weighted by Gasteiger charge is 2.66. The predicted molar refractivity (Wildman–Crippen MR) is 295 cm³/mol. The molecule has 0 bridgehead atoms. The first-order valence-corrected chi connectivity index (χ1v) is 26.1. The molecule has 0 amide bonds. The number of para-hydroxylation sites is 1. The van der Waals surface area contributed by atoms with Crippen LogP contribution in [0.15, 0.2) is 176 Å². The minimum Gasteiger partial charge on any atom is -0.335 e. The number of fused-ring (bicyclic) bond motifs is 12. The molecule has 4 unspecified atom stereocenters. The Balaban J connectivity index is 1.14. The van der Waals surface area contributed by atoms with Crippen LogP contribution in [0.2, 0.25) is 0 Å². The molecule has 4 heteroatoms. The van der Waals surface area contributed by atoms with Gasteiger partial charge in [-0.15, -0.1) is 0 Å². The molecule has 0 radical (unpaired) electrons. The summed E-state index contributed by atoms with van der Waals surface area (Å²) in [6.07, 6.45) is 6.70. The Morgan fingerprint density at radius 2 is 1.14 bits per heavy atom. The van der Waals surface area contributed by atoms with E-state index in [-0.39, 0.29) is 28.5 Å². The summed E-state index contributed by atoms with van der Waals surface area (Å²) in [5, 5.41) is 0. The quantitative estimate of drug-likeness (QED) is 0.163. The smallest absolute Gasteiger partial charge is 0.252 e. The average molecular weight is 908 g/mol. The Morgan fingerprint density at radius 1 is 0.486 bits per heavy atom. The molecule has 3 nitrogen and oxygen atoms in total. The fraction of sp³-hybridized carbons (Fsp3) is 0.273. The zero-order valence-corrected chi connectivity index (χ0v) is 41.9. The van der Waals surface area contributed by atoms with Gasteiger partial charge in [-0.3, -0.25) is 0 Å². The van der Waals surface area contributed by atoms with Crippen molar-refractivity contribution in [3.63, 3.8) is 0 Å². The molecule has 0 aromatic heterocycles. The van der Waals surface area contributed by atoms with E-state index in [0.29, 0.717) is 0 Å². The van der Waals surface area contributed by atoms with E-state index in [2.05, 4.69) is 239 Å². The van der Waals surface area contributed by atoms with Gasteiger partial charge < -0.3 is 14.7 Å². The third kappa shape index (κ3) is 5.17. The van der Waals surface area contributed by atoms with Crippen LogP contribution in [0.4, 0.5) is 39.8 Å². The van der Waals surface area contributed by atoms with Crippen molar-refractivity contribution in [3.05, 3.63) is 226 Å². The largest absolute Gasteiger partial charge is 0.335 e. The SMILES string of the molecule is Cc1ccc(N2c3ccc(C)cc3B3c4cccc5c4N(c4cc(N6c7ccc(C(C)(C)C)cc7C7(c8ccccc8)CCc8ccccc8C67C)cc2c43)C2(C)CCCCC52c2ccccc2)cc1. The third-order valence-electron chi connectivity index (χ3n) is 18.8. The average Bonchev–Trinajstić information content (AvgIpc) is 3.77. The van der Waals surface area contributed by atoms with Gasteiger partial charge in [-0.1, -0.05) is 184 Å². The van der Waals surface area contributed by atoms with E-state index >= 15 is 0 Å². The molecule has 0 N–H and O–H groups in total. The number of benzene rings is 8. The van der Waals surface area contributed by atoms with Crippen molar-refractivity contribution < 1.29 is 0 Å². The van der Waals surface area contributed by atoms with Gasteiger partial charge in [-0.2, -0.15) is 0 Å². The summed E-state index contributed by atoms with van der Waals surface area (Å²) in [7, 11) is 0. The fourth-order valence-corrected chi connectivity index (χ4v) is 15.7. The molecular formula is C66H62BN3. The van der Waals surface area contributed by atoms with Crippen LogP contribution >= 0.6 is 0 Å². The van der Waals surface area contributed by atoms with E-state index in [4.69, 9.17) is 0 Å². The summed E-state index contributed by atoms with van der Waals surface area (Å²) in [6.45, 7) is 16.9. The number of hydrogen-bond acceptors (Lipinski definition) is 3. The lowest BCUT2D eigenvalue weighted by molar-refractivity contribution is 0.215. The van der Waals surface area contributed by atoms with Gasteiger partial charge in [0.05, 0.1) is 16.5 Å². The Bertz CT molecular complexity index is 3460. The van der Waals surface area contributed by atoms with Crippen LogP contribution in [-0.4, -0.2) is 12.3 Å². The van der Waals surface area contributed by atoms with Crippen molar-refractivity contribution in [2.24, 2.45) is 0 Å². The highest BCUT2D eigenvalue weighted by atomic mass is 15.3. The van der Waals surface area contributed by atoms with Crippen molar-refractivity contribution in [2.75, 3.05) is 14.7 Å². The molecule has 8 aromatic rings. The number of aryl methyl sites for hydroxylation is 3. The standard InChI is InChI=1S/C66H62BN3/c1-43-27-31-49(32-28-43)68-57-33-29-44(2)39-55(57)67-54-26-18-25-52-61(54)70(63(6)36-16-17-37-65(52,63)46-20-10-8-11-21-46)59-42-50(41-58(68)60(59)67)69-56-34-30-48(62(3,4)5)40-53(56)66(47-22-12-9-13-23-47)38-35-45-19-14-15-24-51(45)64(66,69)7/h8-15,18-34,39-42H,16-17,35-38H2,1-7H3. The minimum absolute atomic E-state index is 0.0177. The number of rotatable bonds is 4. The molecule has 4 atom stereocenters. The van der Waals surface area contributed by atoms with Crippen LogP contribution < -0.4 is 31.1 Å². The van der Waals surface area contributed by atoms with Crippen molar-refractivity contribution in [1.82, 2.24) is 0 Å². The second-order valence-corrected chi connectivity index (χ2v) is 23.2.